The van der Waals surface area contributed by atoms with E-state index in [2.05, 4.69) is 24.8 Å². The fraction of sp³-hybridized carbons (Fsp3) is 0.579. The van der Waals surface area contributed by atoms with E-state index in [0.717, 1.165) is 50.5 Å². The summed E-state index contributed by atoms with van der Waals surface area (Å²) in [4.78, 5) is 19.1. The fourth-order valence-electron chi connectivity index (χ4n) is 3.86. The van der Waals surface area contributed by atoms with Gasteiger partial charge >= 0.3 is 0 Å². The summed E-state index contributed by atoms with van der Waals surface area (Å²) in [6.45, 7) is 5.08. The summed E-state index contributed by atoms with van der Waals surface area (Å²) in [6, 6.07) is 1.86. The van der Waals surface area contributed by atoms with E-state index in [1.807, 2.05) is 13.0 Å². The molecule has 2 aliphatic rings. The molecule has 8 nitrogen and oxygen atoms in total. The SMILES string of the molecule is COc1cc(N2CC3(CC(CCOc4cncc(C)n4)CCO3)C2)ncn1. The van der Waals surface area contributed by atoms with E-state index in [1.165, 1.54) is 6.33 Å². The summed E-state index contributed by atoms with van der Waals surface area (Å²) in [7, 11) is 1.61. The zero-order chi connectivity index (χ0) is 18.7. The molecule has 2 fully saturated rings. The topological polar surface area (TPSA) is 82.5 Å². The summed E-state index contributed by atoms with van der Waals surface area (Å²) >= 11 is 0. The van der Waals surface area contributed by atoms with Crippen molar-refractivity contribution in [1.29, 1.82) is 0 Å². The minimum atomic E-state index is -0.0652. The van der Waals surface area contributed by atoms with Gasteiger partial charge in [-0.25, -0.2) is 15.0 Å². The number of aryl methyl sites for hydroxylation is 1. The lowest BCUT2D eigenvalue weighted by Crippen LogP contribution is -2.65. The molecule has 2 aliphatic heterocycles. The van der Waals surface area contributed by atoms with Crippen molar-refractivity contribution >= 4 is 5.82 Å². The lowest BCUT2D eigenvalue weighted by molar-refractivity contribution is -0.115. The number of ether oxygens (including phenoxy) is 3. The molecule has 1 unspecified atom stereocenters. The Kier molecular flexibility index (Phi) is 5.07. The van der Waals surface area contributed by atoms with Gasteiger partial charge in [0.1, 0.15) is 17.7 Å². The van der Waals surface area contributed by atoms with Gasteiger partial charge in [-0.1, -0.05) is 0 Å². The predicted molar refractivity (Wildman–Crippen MR) is 99.1 cm³/mol. The fourth-order valence-corrected chi connectivity index (χ4v) is 3.86. The van der Waals surface area contributed by atoms with Crippen molar-refractivity contribution < 1.29 is 14.2 Å². The van der Waals surface area contributed by atoms with Gasteiger partial charge in [0.05, 0.1) is 38.7 Å². The predicted octanol–water partition coefficient (Wildman–Crippen LogP) is 2.04. The van der Waals surface area contributed by atoms with Gasteiger partial charge in [-0.3, -0.25) is 4.98 Å². The first kappa shape index (κ1) is 17.9. The van der Waals surface area contributed by atoms with E-state index in [0.29, 0.717) is 24.3 Å². The summed E-state index contributed by atoms with van der Waals surface area (Å²) < 4.78 is 17.1. The number of hydrogen-bond acceptors (Lipinski definition) is 8. The van der Waals surface area contributed by atoms with Crippen molar-refractivity contribution in [3.8, 4) is 11.8 Å². The Labute approximate surface area is 158 Å². The maximum absolute atomic E-state index is 6.14. The maximum Gasteiger partial charge on any atom is 0.232 e. The first-order valence-electron chi connectivity index (χ1n) is 9.32. The van der Waals surface area contributed by atoms with E-state index < -0.39 is 0 Å². The van der Waals surface area contributed by atoms with Crippen LogP contribution < -0.4 is 14.4 Å². The molecule has 1 spiro atoms. The maximum atomic E-state index is 6.14. The third kappa shape index (κ3) is 4.10. The van der Waals surface area contributed by atoms with Crippen LogP contribution in [0.25, 0.3) is 0 Å². The van der Waals surface area contributed by atoms with Gasteiger partial charge in [0, 0.05) is 18.9 Å². The molecule has 2 aromatic rings. The van der Waals surface area contributed by atoms with Crippen LogP contribution in [-0.4, -0.2) is 59.0 Å². The molecule has 8 heteroatoms. The highest BCUT2D eigenvalue weighted by molar-refractivity contribution is 5.45. The Morgan fingerprint density at radius 1 is 1.26 bits per heavy atom. The Morgan fingerprint density at radius 3 is 2.96 bits per heavy atom. The van der Waals surface area contributed by atoms with Crippen molar-refractivity contribution in [2.24, 2.45) is 5.92 Å². The second-order valence-corrected chi connectivity index (χ2v) is 7.30. The van der Waals surface area contributed by atoms with E-state index in [-0.39, 0.29) is 5.60 Å². The lowest BCUT2D eigenvalue weighted by Gasteiger charge is -2.53. The quantitative estimate of drug-likeness (QED) is 0.763. The monoisotopic (exact) mass is 371 g/mol. The van der Waals surface area contributed by atoms with Gasteiger partial charge < -0.3 is 19.1 Å². The third-order valence-corrected chi connectivity index (χ3v) is 5.22. The summed E-state index contributed by atoms with van der Waals surface area (Å²) in [5.41, 5.74) is 0.804. The summed E-state index contributed by atoms with van der Waals surface area (Å²) in [5, 5.41) is 0. The Balaban J connectivity index is 1.27. The van der Waals surface area contributed by atoms with E-state index in [1.54, 1.807) is 19.5 Å². The zero-order valence-electron chi connectivity index (χ0n) is 15.8. The van der Waals surface area contributed by atoms with Gasteiger partial charge in [0.2, 0.25) is 11.8 Å². The number of aromatic nitrogens is 4. The molecule has 1 atom stereocenters. The number of nitrogens with zero attached hydrogens (tertiary/aromatic N) is 5. The lowest BCUT2D eigenvalue weighted by atomic mass is 9.79. The molecule has 2 aromatic heterocycles. The average Bonchev–Trinajstić information content (AvgIpc) is 2.66. The van der Waals surface area contributed by atoms with Gasteiger partial charge in [-0.05, 0) is 32.1 Å². The summed E-state index contributed by atoms with van der Waals surface area (Å²) in [5.74, 6) is 2.67. The number of rotatable bonds is 6. The Hall–Kier alpha value is -2.48. The molecule has 0 bridgehead atoms. The van der Waals surface area contributed by atoms with Crippen molar-refractivity contribution in [2.45, 2.75) is 31.8 Å². The van der Waals surface area contributed by atoms with Crippen LogP contribution in [0.1, 0.15) is 25.0 Å². The van der Waals surface area contributed by atoms with E-state index in [4.69, 9.17) is 14.2 Å². The van der Waals surface area contributed by atoms with Crippen LogP contribution in [0.15, 0.2) is 24.8 Å². The molecule has 2 saturated heterocycles. The van der Waals surface area contributed by atoms with Crippen LogP contribution in [-0.2, 0) is 4.74 Å². The zero-order valence-corrected chi connectivity index (χ0v) is 15.8. The first-order valence-corrected chi connectivity index (χ1v) is 9.32. The van der Waals surface area contributed by atoms with E-state index >= 15 is 0 Å². The molecule has 0 aliphatic carbocycles. The van der Waals surface area contributed by atoms with Crippen LogP contribution in [0, 0.1) is 12.8 Å². The standard InChI is InChI=1S/C19H25N5O3/c1-14-9-20-10-18(23-14)26-5-3-15-4-6-27-19(8-15)11-24(12-19)16-7-17(25-2)22-13-21-16/h7,9-10,13,15H,3-6,8,11-12H2,1-2H3. The van der Waals surface area contributed by atoms with Gasteiger partial charge in [-0.15, -0.1) is 0 Å². The molecule has 0 radical (unpaired) electrons. The summed E-state index contributed by atoms with van der Waals surface area (Å²) in [6.07, 6.45) is 8.06. The highest BCUT2D eigenvalue weighted by atomic mass is 16.5. The van der Waals surface area contributed by atoms with Crippen molar-refractivity contribution in [1.82, 2.24) is 19.9 Å². The third-order valence-electron chi connectivity index (χ3n) is 5.22. The van der Waals surface area contributed by atoms with Gasteiger partial charge in [0.15, 0.2) is 0 Å². The number of anilines is 1. The van der Waals surface area contributed by atoms with Gasteiger partial charge in [0.25, 0.3) is 0 Å². The molecule has 0 amide bonds. The second-order valence-electron chi connectivity index (χ2n) is 7.30. The van der Waals surface area contributed by atoms with Crippen LogP contribution >= 0.6 is 0 Å². The molecular weight excluding hydrogens is 346 g/mol. The number of hydrogen-bond donors (Lipinski definition) is 0. The molecule has 0 N–H and O–H groups in total. The molecule has 27 heavy (non-hydrogen) atoms. The minimum absolute atomic E-state index is 0.0652. The Morgan fingerprint density at radius 2 is 2.15 bits per heavy atom. The van der Waals surface area contributed by atoms with Crippen molar-refractivity contribution in [3.05, 3.63) is 30.5 Å². The van der Waals surface area contributed by atoms with Crippen LogP contribution in [0.4, 0.5) is 5.82 Å². The minimum Gasteiger partial charge on any atom is -0.481 e. The number of methoxy groups -OCH3 is 1. The highest BCUT2D eigenvalue weighted by Gasteiger charge is 2.48. The van der Waals surface area contributed by atoms with Crippen LogP contribution in [0.2, 0.25) is 0 Å². The highest BCUT2D eigenvalue weighted by Crippen LogP contribution is 2.39. The van der Waals surface area contributed by atoms with Crippen LogP contribution in [0.5, 0.6) is 11.8 Å². The largest absolute Gasteiger partial charge is 0.481 e. The normalized spacial score (nSPS) is 21.0. The van der Waals surface area contributed by atoms with E-state index in [9.17, 15) is 0 Å². The van der Waals surface area contributed by atoms with Crippen LogP contribution in [0.3, 0.4) is 0 Å². The smallest absolute Gasteiger partial charge is 0.232 e. The van der Waals surface area contributed by atoms with Crippen molar-refractivity contribution in [3.63, 3.8) is 0 Å². The molecular formula is C19H25N5O3. The Bertz CT molecular complexity index is 781. The second kappa shape index (κ2) is 7.64. The first-order chi connectivity index (χ1) is 13.2. The molecule has 0 saturated carbocycles. The van der Waals surface area contributed by atoms with Crippen molar-refractivity contribution in [2.75, 3.05) is 38.3 Å². The molecule has 4 heterocycles. The molecule has 144 valence electrons. The average molecular weight is 371 g/mol. The van der Waals surface area contributed by atoms with Gasteiger partial charge in [-0.2, -0.15) is 0 Å². The molecule has 0 aromatic carbocycles. The molecule has 4 rings (SSSR count).